The molecule has 5 heteroatoms. The highest BCUT2D eigenvalue weighted by atomic mass is 15.3. The maximum absolute atomic E-state index is 4.76. The Balaban J connectivity index is 2.19. The topological polar surface area (TPSA) is 50.1 Å². The highest BCUT2D eigenvalue weighted by Crippen LogP contribution is 1.12. The molecule has 3 radical (unpaired) electrons. The zero-order valence-corrected chi connectivity index (χ0v) is 2.73. The summed E-state index contributed by atoms with van der Waals surface area (Å²) in [7, 11) is 5.86. The minimum atomic E-state index is 1.19. The van der Waals surface area contributed by atoms with E-state index in [4.69, 9.17) is 5.64 Å². The van der Waals surface area contributed by atoms with Crippen molar-refractivity contribution < 1.29 is 0 Å². The quantitative estimate of drug-likeness (QED) is 0.251. The van der Waals surface area contributed by atoms with Crippen molar-refractivity contribution in [3.8, 4) is 0 Å². The van der Waals surface area contributed by atoms with Crippen LogP contribution in [0.15, 0.2) is 0 Å². The summed E-state index contributed by atoms with van der Waals surface area (Å²) < 4.78 is 0. The van der Waals surface area contributed by atoms with E-state index in [9.17, 15) is 0 Å². The minimum Gasteiger partial charge on any atom is -0.359 e. The lowest BCUT2D eigenvalue weighted by Gasteiger charge is -1.88. The van der Waals surface area contributed by atoms with Crippen LogP contribution in [0, 0.1) is 0 Å². The lowest BCUT2D eigenvalue weighted by atomic mass is 10.2. The summed E-state index contributed by atoms with van der Waals surface area (Å²) in [5, 5.41) is 4.38. The van der Waals surface area contributed by atoms with Crippen molar-refractivity contribution in [2.45, 2.75) is 0 Å². The van der Waals surface area contributed by atoms with Crippen LogP contribution in [0.1, 0.15) is 0 Å². The van der Waals surface area contributed by atoms with Gasteiger partial charge in [0.25, 0.3) is 0 Å². The largest absolute Gasteiger partial charge is 0.359 e. The number of rotatable bonds is 2. The summed E-state index contributed by atoms with van der Waals surface area (Å²) in [5.41, 5.74) is 4.76. The molecule has 0 aromatic heterocycles. The van der Waals surface area contributed by atoms with E-state index >= 15 is 0 Å². The van der Waals surface area contributed by atoms with E-state index in [0.29, 0.717) is 0 Å². The highest BCUT2D eigenvalue weighted by molar-refractivity contribution is 6.28. The first-order valence-corrected chi connectivity index (χ1v) is 1.16. The third kappa shape index (κ3) is 4.01. The first-order valence-electron chi connectivity index (χ1n) is 1.16. The monoisotopic (exact) mass is 68.1 g/mol. The van der Waals surface area contributed by atoms with Gasteiger partial charge in [0.1, 0.15) is 0 Å². The Kier molecular flexibility index (Phi) is 4.02. The molecule has 0 aromatic rings. The van der Waals surface area contributed by atoms with Gasteiger partial charge in [-0.25, -0.2) is 0 Å². The van der Waals surface area contributed by atoms with E-state index in [0.717, 1.165) is 0 Å². The molecule has 0 aromatic carbocycles. The summed E-state index contributed by atoms with van der Waals surface area (Å²) in [4.78, 5) is 0. The fraction of sp³-hybridized carbons (Fsp3) is 0. The van der Waals surface area contributed by atoms with Gasteiger partial charge in [-0.3, -0.25) is 5.34 Å². The Morgan fingerprint density at radius 1 is 1.80 bits per heavy atom. The zero-order chi connectivity index (χ0) is 4.12. The summed E-state index contributed by atoms with van der Waals surface area (Å²) >= 11 is 0. The van der Waals surface area contributed by atoms with Crippen LogP contribution in [-0.4, -0.2) is 15.5 Å². The molecule has 0 spiro atoms. The van der Waals surface area contributed by atoms with Crippen molar-refractivity contribution in [2.24, 2.45) is 5.64 Å². The molecular weight excluding hydrogens is 63.6 g/mol. The van der Waals surface area contributed by atoms with E-state index in [1.165, 1.54) is 7.55 Å². The van der Waals surface area contributed by atoms with Crippen LogP contribution in [0.5, 0.6) is 0 Å². The molecule has 0 unspecified atom stereocenters. The molecule has 0 rings (SSSR count). The van der Waals surface area contributed by atoms with Gasteiger partial charge in [0, 0.05) is 0 Å². The van der Waals surface area contributed by atoms with Crippen molar-refractivity contribution in [1.29, 1.82) is 0 Å². The third-order valence-electron chi connectivity index (χ3n) is 0.167. The summed E-state index contributed by atoms with van der Waals surface area (Å²) in [6.07, 6.45) is 0. The molecule has 4 N–H and O–H groups in total. The second kappa shape index (κ2) is 4.01. The maximum atomic E-state index is 4.76. The standard InChI is InChI=1S/B2H4N3/c1-4-5-2-3/h4-5H,3H2. The molecule has 0 aliphatic carbocycles. The Morgan fingerprint density at radius 3 is 2.40 bits per heavy atom. The Hall–Kier alpha value is 0.00987. The van der Waals surface area contributed by atoms with Gasteiger partial charge in [-0.05, 0) is 0 Å². The van der Waals surface area contributed by atoms with Gasteiger partial charge in [-0.15, -0.1) is 0 Å². The Bertz CT molecular complexity index is 12.4. The molecule has 5 heavy (non-hydrogen) atoms. The molecule has 0 heterocycles. The fourth-order valence-corrected chi connectivity index (χ4v) is 0.0481. The van der Waals surface area contributed by atoms with Gasteiger partial charge >= 0.3 is 7.55 Å². The van der Waals surface area contributed by atoms with Gasteiger partial charge in [0.05, 0.1) is 0 Å². The molecule has 0 amide bonds. The van der Waals surface area contributed by atoms with E-state index in [1.807, 2.05) is 0 Å². The van der Waals surface area contributed by atoms with Crippen molar-refractivity contribution >= 4 is 15.5 Å². The summed E-state index contributed by atoms with van der Waals surface area (Å²) in [6, 6.07) is 0. The van der Waals surface area contributed by atoms with Crippen LogP contribution in [0.3, 0.4) is 0 Å². The summed E-state index contributed by atoms with van der Waals surface area (Å²) in [6.45, 7) is 0. The molecule has 0 aliphatic rings. The molecular formula is H4B2N3. The van der Waals surface area contributed by atoms with Gasteiger partial charge in [0.15, 0.2) is 7.98 Å². The molecule has 0 bridgehead atoms. The molecule has 3 nitrogen and oxygen atoms in total. The predicted octanol–water partition coefficient (Wildman–Crippen LogP) is -2.34. The van der Waals surface area contributed by atoms with Crippen molar-refractivity contribution in [3.05, 3.63) is 0 Å². The van der Waals surface area contributed by atoms with Crippen molar-refractivity contribution in [2.75, 3.05) is 0 Å². The summed E-state index contributed by atoms with van der Waals surface area (Å²) in [5.74, 6) is 0. The Labute approximate surface area is 33.0 Å². The smallest absolute Gasteiger partial charge is 0.318 e. The number of nitrogens with one attached hydrogen (secondary N) is 2. The second-order valence-corrected chi connectivity index (χ2v) is 0.455. The predicted molar refractivity (Wildman–Crippen MR) is 22.0 cm³/mol. The lowest BCUT2D eigenvalue weighted by Crippen LogP contribution is -2.37. The van der Waals surface area contributed by atoms with Crippen molar-refractivity contribution in [1.82, 2.24) is 10.7 Å². The second-order valence-electron chi connectivity index (χ2n) is 0.455. The van der Waals surface area contributed by atoms with E-state index < -0.39 is 0 Å². The first kappa shape index (κ1) is 5.01. The zero-order valence-electron chi connectivity index (χ0n) is 2.73. The van der Waals surface area contributed by atoms with E-state index in [1.54, 1.807) is 0 Å². The van der Waals surface area contributed by atoms with Crippen LogP contribution in [0.4, 0.5) is 0 Å². The highest BCUT2D eigenvalue weighted by Gasteiger charge is 1.66. The Morgan fingerprint density at radius 2 is 2.40 bits per heavy atom. The van der Waals surface area contributed by atoms with Crippen molar-refractivity contribution in [3.63, 3.8) is 0 Å². The fourth-order valence-electron chi connectivity index (χ4n) is 0.0481. The lowest BCUT2D eigenvalue weighted by molar-refractivity contribution is 0.946. The first-order chi connectivity index (χ1) is 2.41. The molecule has 0 fully saturated rings. The molecule has 25 valence electrons. The average Bonchev–Trinajstić information content (AvgIpc) is 1.41. The third-order valence-corrected chi connectivity index (χ3v) is 0.167. The van der Waals surface area contributed by atoms with Crippen LogP contribution in [0.2, 0.25) is 0 Å². The molecule has 0 aliphatic heterocycles. The molecule has 0 saturated carbocycles. The number of nitrogens with two attached hydrogens (primary N) is 1. The van der Waals surface area contributed by atoms with E-state index in [-0.39, 0.29) is 0 Å². The van der Waals surface area contributed by atoms with Gasteiger partial charge in [0.2, 0.25) is 0 Å². The minimum absolute atomic E-state index is 1.19. The van der Waals surface area contributed by atoms with Gasteiger partial charge < -0.3 is 11.0 Å². The molecule has 0 atom stereocenters. The van der Waals surface area contributed by atoms with E-state index in [2.05, 4.69) is 18.7 Å². The number of hydrazine groups is 1. The van der Waals surface area contributed by atoms with Gasteiger partial charge in [-0.1, -0.05) is 0 Å². The number of hydrogen-bond acceptors (Lipinski definition) is 3. The average molecular weight is 67.7 g/mol. The van der Waals surface area contributed by atoms with Crippen LogP contribution in [-0.2, 0) is 0 Å². The van der Waals surface area contributed by atoms with Crippen LogP contribution < -0.4 is 16.3 Å². The number of hydrogen-bond donors (Lipinski definition) is 3. The maximum Gasteiger partial charge on any atom is 0.318 e. The van der Waals surface area contributed by atoms with Crippen LogP contribution >= 0.6 is 0 Å². The molecule has 0 saturated heterocycles. The van der Waals surface area contributed by atoms with Crippen LogP contribution in [0.25, 0.3) is 0 Å². The van der Waals surface area contributed by atoms with Gasteiger partial charge in [-0.2, -0.15) is 0 Å². The SMILES string of the molecule is [B]NN[B]N. The normalized spacial score (nSPS) is 7.40.